The number of hydrogen-bond acceptors (Lipinski definition) is 6. The van der Waals surface area contributed by atoms with Gasteiger partial charge in [-0.2, -0.15) is 4.31 Å². The van der Waals surface area contributed by atoms with Crippen LogP contribution in [0.1, 0.15) is 31.1 Å². The Balaban J connectivity index is 1.90. The molecule has 0 radical (unpaired) electrons. The first kappa shape index (κ1) is 23.0. The van der Waals surface area contributed by atoms with Crippen LogP contribution >= 0.6 is 0 Å². The van der Waals surface area contributed by atoms with Crippen LogP contribution in [0, 0.1) is 0 Å². The number of sulfonamides is 1. The quantitative estimate of drug-likeness (QED) is 0.622. The summed E-state index contributed by atoms with van der Waals surface area (Å²) in [6, 6.07) is 4.86. The van der Waals surface area contributed by atoms with E-state index in [-0.39, 0.29) is 31.3 Å². The van der Waals surface area contributed by atoms with Gasteiger partial charge in [-0.25, -0.2) is 8.42 Å². The lowest BCUT2D eigenvalue weighted by molar-refractivity contribution is -0.131. The Morgan fingerprint density at radius 1 is 1.00 bits per heavy atom. The minimum absolute atomic E-state index is 0.0445. The fraction of sp³-hybridized carbons (Fsp3) is 0.579. The van der Waals surface area contributed by atoms with Crippen LogP contribution in [-0.2, 0) is 14.8 Å². The predicted octanol–water partition coefficient (Wildman–Crippen LogP) is 0.708. The highest BCUT2D eigenvalue weighted by atomic mass is 32.2. The molecular formula is C19H29N3O6S. The van der Waals surface area contributed by atoms with Gasteiger partial charge < -0.3 is 19.7 Å². The molecule has 9 nitrogen and oxygen atoms in total. The van der Waals surface area contributed by atoms with E-state index < -0.39 is 15.9 Å². The largest absolute Gasteiger partial charge is 0.490 e. The zero-order chi connectivity index (χ0) is 21.4. The van der Waals surface area contributed by atoms with E-state index >= 15 is 0 Å². The molecule has 0 atom stereocenters. The summed E-state index contributed by atoms with van der Waals surface area (Å²) < 4.78 is 36.2. The molecule has 1 fully saturated rings. The molecule has 10 heteroatoms. The highest BCUT2D eigenvalue weighted by Gasteiger charge is 2.27. The van der Waals surface area contributed by atoms with Crippen molar-refractivity contribution >= 4 is 21.8 Å². The van der Waals surface area contributed by atoms with Crippen LogP contribution in [-0.4, -0.2) is 81.1 Å². The zero-order valence-electron chi connectivity index (χ0n) is 17.1. The number of amides is 2. The van der Waals surface area contributed by atoms with Gasteiger partial charge in [0.25, 0.3) is 5.91 Å². The van der Waals surface area contributed by atoms with Crippen molar-refractivity contribution in [3.05, 3.63) is 23.8 Å². The monoisotopic (exact) mass is 427 g/mol. The van der Waals surface area contributed by atoms with Gasteiger partial charge in [0.2, 0.25) is 15.9 Å². The van der Waals surface area contributed by atoms with Gasteiger partial charge in [0, 0.05) is 31.7 Å². The molecule has 0 aliphatic carbocycles. The number of nitrogens with one attached hydrogen (secondary N) is 1. The Labute approximate surface area is 172 Å². The number of benzene rings is 1. The SMILES string of the molecule is CCOc1ccc(C(=O)NCC(=O)N2CCN(S(=O)(=O)CC)CC2)cc1OCC. The average molecular weight is 428 g/mol. The summed E-state index contributed by atoms with van der Waals surface area (Å²) >= 11 is 0. The van der Waals surface area contributed by atoms with E-state index in [0.29, 0.717) is 43.4 Å². The maximum absolute atomic E-state index is 12.4. The van der Waals surface area contributed by atoms with Crippen molar-refractivity contribution in [1.29, 1.82) is 0 Å². The highest BCUT2D eigenvalue weighted by Crippen LogP contribution is 2.28. The second kappa shape index (κ2) is 10.4. The number of carbonyl (C=O) groups is 2. The van der Waals surface area contributed by atoms with E-state index in [1.165, 1.54) is 4.31 Å². The third kappa shape index (κ3) is 6.07. The molecule has 0 unspecified atom stereocenters. The Hall–Kier alpha value is -2.33. The molecule has 1 aliphatic rings. The molecule has 1 N–H and O–H groups in total. The molecule has 1 aliphatic heterocycles. The number of nitrogens with zero attached hydrogens (tertiary/aromatic N) is 2. The van der Waals surface area contributed by atoms with Crippen LogP contribution < -0.4 is 14.8 Å². The molecule has 1 aromatic rings. The topological polar surface area (TPSA) is 105 Å². The van der Waals surface area contributed by atoms with E-state index in [0.717, 1.165) is 0 Å². The molecule has 0 spiro atoms. The summed E-state index contributed by atoms with van der Waals surface area (Å²) in [4.78, 5) is 26.3. The zero-order valence-corrected chi connectivity index (χ0v) is 18.0. The second-order valence-corrected chi connectivity index (χ2v) is 8.65. The molecule has 2 amide bonds. The minimum Gasteiger partial charge on any atom is -0.490 e. The molecule has 29 heavy (non-hydrogen) atoms. The van der Waals surface area contributed by atoms with Crippen LogP contribution in [0.4, 0.5) is 0 Å². The fourth-order valence-corrected chi connectivity index (χ4v) is 4.05. The summed E-state index contributed by atoms with van der Waals surface area (Å²) in [5.74, 6) is 0.434. The third-order valence-electron chi connectivity index (χ3n) is 4.56. The molecule has 0 aromatic heterocycles. The lowest BCUT2D eigenvalue weighted by Gasteiger charge is -2.33. The van der Waals surface area contributed by atoms with Crippen LogP contribution in [0.2, 0.25) is 0 Å². The molecule has 2 rings (SSSR count). The number of piperazine rings is 1. The Morgan fingerprint density at radius 2 is 1.62 bits per heavy atom. The van der Waals surface area contributed by atoms with Crippen molar-refractivity contribution in [2.75, 3.05) is 51.7 Å². The maximum atomic E-state index is 12.4. The lowest BCUT2D eigenvalue weighted by atomic mass is 10.2. The molecule has 1 saturated heterocycles. The van der Waals surface area contributed by atoms with Crippen LogP contribution in [0.15, 0.2) is 18.2 Å². The van der Waals surface area contributed by atoms with Gasteiger partial charge in [-0.05, 0) is 39.0 Å². The summed E-state index contributed by atoms with van der Waals surface area (Å²) in [6.07, 6.45) is 0. The molecule has 1 aromatic carbocycles. The van der Waals surface area contributed by atoms with Gasteiger partial charge in [0.15, 0.2) is 11.5 Å². The second-order valence-electron chi connectivity index (χ2n) is 6.39. The molecule has 0 saturated carbocycles. The van der Waals surface area contributed by atoms with E-state index in [4.69, 9.17) is 9.47 Å². The van der Waals surface area contributed by atoms with Crippen molar-refractivity contribution in [3.63, 3.8) is 0 Å². The van der Waals surface area contributed by atoms with Gasteiger partial charge in [0.05, 0.1) is 25.5 Å². The van der Waals surface area contributed by atoms with Crippen LogP contribution in [0.3, 0.4) is 0 Å². The minimum atomic E-state index is -3.25. The van der Waals surface area contributed by atoms with Crippen molar-refractivity contribution in [1.82, 2.24) is 14.5 Å². The standard InChI is InChI=1S/C19H29N3O6S/c1-4-27-16-8-7-15(13-17(16)28-5-2)19(24)20-14-18(23)21-9-11-22(12-10-21)29(25,26)6-3/h7-8,13H,4-6,9-12,14H2,1-3H3,(H,20,24). The first-order valence-corrected chi connectivity index (χ1v) is 11.4. The summed E-state index contributed by atoms with van der Waals surface area (Å²) in [7, 11) is -3.25. The Morgan fingerprint density at radius 3 is 2.21 bits per heavy atom. The average Bonchev–Trinajstić information content (AvgIpc) is 2.73. The van der Waals surface area contributed by atoms with Gasteiger partial charge in [-0.3, -0.25) is 9.59 Å². The number of carbonyl (C=O) groups excluding carboxylic acids is 2. The van der Waals surface area contributed by atoms with Crippen molar-refractivity contribution in [2.24, 2.45) is 0 Å². The predicted molar refractivity (Wildman–Crippen MR) is 109 cm³/mol. The highest BCUT2D eigenvalue weighted by molar-refractivity contribution is 7.89. The molecule has 0 bridgehead atoms. The summed E-state index contributed by atoms with van der Waals surface area (Å²) in [5.41, 5.74) is 0.364. The van der Waals surface area contributed by atoms with E-state index in [1.807, 2.05) is 13.8 Å². The smallest absolute Gasteiger partial charge is 0.251 e. The maximum Gasteiger partial charge on any atom is 0.251 e. The summed E-state index contributed by atoms with van der Waals surface area (Å²) in [6.45, 7) is 7.22. The van der Waals surface area contributed by atoms with E-state index in [1.54, 1.807) is 30.0 Å². The molecular weight excluding hydrogens is 398 g/mol. The first-order valence-electron chi connectivity index (χ1n) is 9.75. The van der Waals surface area contributed by atoms with Gasteiger partial charge in [-0.15, -0.1) is 0 Å². The van der Waals surface area contributed by atoms with Gasteiger partial charge in [0.1, 0.15) is 0 Å². The lowest BCUT2D eigenvalue weighted by Crippen LogP contribution is -2.52. The summed E-state index contributed by atoms with van der Waals surface area (Å²) in [5, 5.41) is 2.61. The molecule has 162 valence electrons. The van der Waals surface area contributed by atoms with Crippen LogP contribution in [0.25, 0.3) is 0 Å². The molecule has 1 heterocycles. The first-order chi connectivity index (χ1) is 13.8. The van der Waals surface area contributed by atoms with Crippen LogP contribution in [0.5, 0.6) is 11.5 Å². The van der Waals surface area contributed by atoms with Gasteiger partial charge >= 0.3 is 0 Å². The normalized spacial score (nSPS) is 15.1. The number of rotatable bonds is 9. The van der Waals surface area contributed by atoms with E-state index in [2.05, 4.69) is 5.32 Å². The number of ether oxygens (including phenoxy) is 2. The fourth-order valence-electron chi connectivity index (χ4n) is 2.96. The van der Waals surface area contributed by atoms with Crippen molar-refractivity contribution < 1.29 is 27.5 Å². The Kier molecular flexibility index (Phi) is 8.27. The van der Waals surface area contributed by atoms with Crippen molar-refractivity contribution in [2.45, 2.75) is 20.8 Å². The van der Waals surface area contributed by atoms with Gasteiger partial charge in [-0.1, -0.05) is 0 Å². The Bertz CT molecular complexity index is 819. The third-order valence-corrected chi connectivity index (χ3v) is 6.44. The number of hydrogen-bond donors (Lipinski definition) is 1. The van der Waals surface area contributed by atoms with Crippen molar-refractivity contribution in [3.8, 4) is 11.5 Å². The van der Waals surface area contributed by atoms with E-state index in [9.17, 15) is 18.0 Å².